The number of aliphatic hydroxyl groups excluding tert-OH is 1. The van der Waals surface area contributed by atoms with Crippen LogP contribution in [-0.2, 0) is 21.6 Å². The maximum Gasteiger partial charge on any atom is 0.239 e. The number of amides is 1. The number of likely N-dealkylation sites (tertiary alicyclic amines) is 1. The molecule has 1 spiro atoms. The Morgan fingerprint density at radius 3 is 2.69 bits per heavy atom. The Labute approximate surface area is 176 Å². The van der Waals surface area contributed by atoms with E-state index in [1.807, 2.05) is 27.8 Å². The Morgan fingerprint density at radius 1 is 1.24 bits per heavy atom. The number of nitrogens with zero attached hydrogens (tertiary/aromatic N) is 3. The summed E-state index contributed by atoms with van der Waals surface area (Å²) in [7, 11) is 0. The van der Waals surface area contributed by atoms with Gasteiger partial charge in [-0.3, -0.25) is 4.79 Å². The van der Waals surface area contributed by atoms with Gasteiger partial charge in [0.2, 0.25) is 5.91 Å². The number of carbonyl (C=O) groups excluding carboxylic acids is 1. The third-order valence-electron chi connectivity index (χ3n) is 6.28. The molecule has 7 nitrogen and oxygen atoms in total. The number of nitrogens with one attached hydrogen (secondary N) is 1. The molecule has 3 aliphatic rings. The molecule has 0 saturated carbocycles. The minimum absolute atomic E-state index is 0. The number of halogens is 1. The number of para-hydroxylation sites is 1. The number of ether oxygens (including phenoxy) is 1. The van der Waals surface area contributed by atoms with Crippen molar-refractivity contribution in [2.75, 3.05) is 26.2 Å². The summed E-state index contributed by atoms with van der Waals surface area (Å²) in [5, 5.41) is 17.7. The van der Waals surface area contributed by atoms with E-state index in [1.54, 1.807) is 0 Å². The molecule has 2 aromatic rings. The van der Waals surface area contributed by atoms with E-state index in [1.165, 1.54) is 5.56 Å². The van der Waals surface area contributed by atoms with Gasteiger partial charge in [-0.05, 0) is 43.4 Å². The van der Waals surface area contributed by atoms with Gasteiger partial charge < -0.3 is 20.1 Å². The molecule has 5 rings (SSSR count). The quantitative estimate of drug-likeness (QED) is 0.770. The molecule has 156 valence electrons. The fourth-order valence-corrected chi connectivity index (χ4v) is 4.71. The monoisotopic (exact) mass is 418 g/mol. The second-order valence-electron chi connectivity index (χ2n) is 8.05. The molecule has 2 fully saturated rings. The Balaban J connectivity index is 0.00000205. The lowest BCUT2D eigenvalue weighted by molar-refractivity contribution is -0.143. The molecule has 1 aromatic heterocycles. The van der Waals surface area contributed by atoms with Crippen LogP contribution in [0.25, 0.3) is 5.69 Å². The largest absolute Gasteiger partial charge is 0.392 e. The molecule has 1 amide bonds. The molecular formula is C21H27ClN4O3. The number of aliphatic hydroxyl groups is 1. The van der Waals surface area contributed by atoms with Crippen molar-refractivity contribution < 1.29 is 14.6 Å². The molecule has 0 aliphatic carbocycles. The average molecular weight is 419 g/mol. The van der Waals surface area contributed by atoms with E-state index >= 15 is 0 Å². The summed E-state index contributed by atoms with van der Waals surface area (Å²) in [6, 6.07) is 9.87. The highest BCUT2D eigenvalue weighted by Crippen LogP contribution is 2.41. The summed E-state index contributed by atoms with van der Waals surface area (Å²) >= 11 is 0. The Morgan fingerprint density at radius 2 is 2.00 bits per heavy atom. The summed E-state index contributed by atoms with van der Waals surface area (Å²) in [6.07, 6.45) is 4.59. The Hall–Kier alpha value is -1.93. The fraction of sp³-hybridized carbons (Fsp3) is 0.524. The number of hydrogen-bond acceptors (Lipinski definition) is 5. The van der Waals surface area contributed by atoms with E-state index in [2.05, 4.69) is 23.6 Å². The van der Waals surface area contributed by atoms with Crippen molar-refractivity contribution in [3.05, 3.63) is 47.8 Å². The van der Waals surface area contributed by atoms with Crippen LogP contribution >= 0.6 is 12.4 Å². The summed E-state index contributed by atoms with van der Waals surface area (Å²) < 4.78 is 8.23. The maximum absolute atomic E-state index is 12.7. The zero-order valence-electron chi connectivity index (χ0n) is 16.3. The topological polar surface area (TPSA) is 79.6 Å². The number of piperidine rings is 1. The van der Waals surface area contributed by atoms with E-state index in [-0.39, 0.29) is 24.4 Å². The summed E-state index contributed by atoms with van der Waals surface area (Å²) in [4.78, 5) is 14.7. The molecular weight excluding hydrogens is 392 g/mol. The van der Waals surface area contributed by atoms with Crippen LogP contribution in [0.5, 0.6) is 0 Å². The average Bonchev–Trinajstić information content (AvgIpc) is 3.36. The fourth-order valence-electron chi connectivity index (χ4n) is 4.71. The van der Waals surface area contributed by atoms with Gasteiger partial charge in [-0.2, -0.15) is 5.10 Å². The third kappa shape index (κ3) is 3.68. The first-order valence-corrected chi connectivity index (χ1v) is 10.1. The van der Waals surface area contributed by atoms with Crippen LogP contribution < -0.4 is 5.32 Å². The number of hydrogen-bond donors (Lipinski definition) is 2. The van der Waals surface area contributed by atoms with Crippen molar-refractivity contribution >= 4 is 18.3 Å². The van der Waals surface area contributed by atoms with Crippen molar-refractivity contribution in [1.82, 2.24) is 20.0 Å². The van der Waals surface area contributed by atoms with Gasteiger partial charge in [-0.1, -0.05) is 18.2 Å². The van der Waals surface area contributed by atoms with Crippen LogP contribution in [0.1, 0.15) is 30.5 Å². The molecule has 0 radical (unpaired) electrons. The molecule has 29 heavy (non-hydrogen) atoms. The van der Waals surface area contributed by atoms with Gasteiger partial charge in [0.1, 0.15) is 5.60 Å². The number of fused-ring (bicyclic) bond motifs is 2. The smallest absolute Gasteiger partial charge is 0.239 e. The van der Waals surface area contributed by atoms with Gasteiger partial charge in [0, 0.05) is 25.8 Å². The number of aromatic nitrogens is 2. The van der Waals surface area contributed by atoms with Crippen LogP contribution in [0, 0.1) is 0 Å². The first kappa shape index (κ1) is 20.3. The standard InChI is InChI=1S/C21H26N4O3.ClH/c26-17-12-18(22-13-17)20(27)24-9-7-21(8-10-24)19-15(6-11-28-21)14-25(23-19)16-4-2-1-3-5-16;/h1-5,14,17-18,22,26H,6-13H2;1H/t17-,18+;/m1./s1. The normalized spacial score (nSPS) is 25.5. The molecule has 2 atom stereocenters. The van der Waals surface area contributed by atoms with Crippen LogP contribution in [0.3, 0.4) is 0 Å². The highest BCUT2D eigenvalue weighted by Gasteiger charge is 2.45. The molecule has 8 heteroatoms. The van der Waals surface area contributed by atoms with E-state index in [0.29, 0.717) is 32.7 Å². The molecule has 2 N–H and O–H groups in total. The van der Waals surface area contributed by atoms with Gasteiger partial charge in [-0.25, -0.2) is 4.68 Å². The number of β-amino-alcohol motifs (C(OH)–C–C–N with tert-alkyl or cyclic N) is 1. The van der Waals surface area contributed by atoms with Gasteiger partial charge in [0.15, 0.2) is 0 Å². The highest BCUT2D eigenvalue weighted by atomic mass is 35.5. The van der Waals surface area contributed by atoms with Crippen LogP contribution in [0.4, 0.5) is 0 Å². The predicted molar refractivity (Wildman–Crippen MR) is 110 cm³/mol. The van der Waals surface area contributed by atoms with Gasteiger partial charge in [-0.15, -0.1) is 12.4 Å². The Kier molecular flexibility index (Phi) is 5.66. The van der Waals surface area contributed by atoms with Crippen molar-refractivity contribution in [2.45, 2.75) is 43.4 Å². The SMILES string of the molecule is Cl.O=C([C@@H]1C[C@@H](O)CN1)N1CCC2(CC1)OCCc1cn(-c3ccccc3)nc12. The summed E-state index contributed by atoms with van der Waals surface area (Å²) in [5.74, 6) is 0.0947. The van der Waals surface area contributed by atoms with Gasteiger partial charge in [0.05, 0.1) is 30.1 Å². The minimum atomic E-state index is -0.420. The summed E-state index contributed by atoms with van der Waals surface area (Å²) in [6.45, 7) is 2.50. The Bertz CT molecular complexity index is 864. The van der Waals surface area contributed by atoms with Crippen LogP contribution in [0.2, 0.25) is 0 Å². The molecule has 0 bridgehead atoms. The summed E-state index contributed by atoms with van der Waals surface area (Å²) in [5.41, 5.74) is 2.93. The van der Waals surface area contributed by atoms with E-state index in [9.17, 15) is 9.90 Å². The third-order valence-corrected chi connectivity index (χ3v) is 6.28. The van der Waals surface area contributed by atoms with Crippen molar-refractivity contribution in [3.8, 4) is 5.69 Å². The molecule has 2 saturated heterocycles. The second-order valence-corrected chi connectivity index (χ2v) is 8.05. The lowest BCUT2D eigenvalue weighted by atomic mass is 9.83. The number of carbonyl (C=O) groups is 1. The van der Waals surface area contributed by atoms with Gasteiger partial charge in [0.25, 0.3) is 0 Å². The number of rotatable bonds is 2. The van der Waals surface area contributed by atoms with E-state index in [4.69, 9.17) is 9.84 Å². The predicted octanol–water partition coefficient (Wildman–Crippen LogP) is 1.41. The highest BCUT2D eigenvalue weighted by molar-refractivity contribution is 5.85. The second kappa shape index (κ2) is 8.07. The maximum atomic E-state index is 12.7. The molecule has 4 heterocycles. The molecule has 0 unspecified atom stereocenters. The first-order chi connectivity index (χ1) is 13.6. The molecule has 3 aliphatic heterocycles. The van der Waals surface area contributed by atoms with Crippen LogP contribution in [0.15, 0.2) is 36.5 Å². The van der Waals surface area contributed by atoms with Crippen molar-refractivity contribution in [3.63, 3.8) is 0 Å². The van der Waals surface area contributed by atoms with E-state index < -0.39 is 11.7 Å². The van der Waals surface area contributed by atoms with E-state index in [0.717, 1.165) is 30.6 Å². The zero-order chi connectivity index (χ0) is 19.1. The number of benzene rings is 1. The zero-order valence-corrected chi connectivity index (χ0v) is 17.1. The minimum Gasteiger partial charge on any atom is -0.392 e. The van der Waals surface area contributed by atoms with Crippen LogP contribution in [-0.4, -0.2) is 64.1 Å². The first-order valence-electron chi connectivity index (χ1n) is 10.1. The van der Waals surface area contributed by atoms with Crippen molar-refractivity contribution in [2.24, 2.45) is 0 Å². The lowest BCUT2D eigenvalue weighted by Gasteiger charge is -2.43. The molecule has 1 aromatic carbocycles. The lowest BCUT2D eigenvalue weighted by Crippen LogP contribution is -2.52. The van der Waals surface area contributed by atoms with Gasteiger partial charge >= 0.3 is 0 Å². The van der Waals surface area contributed by atoms with Crippen molar-refractivity contribution in [1.29, 1.82) is 0 Å².